The van der Waals surface area contributed by atoms with Gasteiger partial charge in [0.05, 0.1) is 28.2 Å². The van der Waals surface area contributed by atoms with E-state index in [4.69, 9.17) is 11.6 Å². The van der Waals surface area contributed by atoms with Crippen molar-refractivity contribution in [3.05, 3.63) is 88.9 Å². The molecule has 0 heterocycles. The van der Waals surface area contributed by atoms with E-state index in [1.165, 1.54) is 12.1 Å². The molecule has 0 aliphatic rings. The second-order valence-electron chi connectivity index (χ2n) is 7.12. The number of carbonyl (C=O) groups is 1. The van der Waals surface area contributed by atoms with Crippen LogP contribution in [-0.4, -0.2) is 20.6 Å². The number of halogens is 4. The maximum Gasteiger partial charge on any atom is 0.416 e. The summed E-state index contributed by atoms with van der Waals surface area (Å²) in [5.41, 5.74) is 0.0655. The first-order chi connectivity index (χ1) is 15.4. The molecule has 3 aromatic carbocycles. The largest absolute Gasteiger partial charge is 0.416 e. The number of nitrogens with one attached hydrogen (secondary N) is 3. The van der Waals surface area contributed by atoms with Gasteiger partial charge in [0.1, 0.15) is 6.04 Å². The van der Waals surface area contributed by atoms with Gasteiger partial charge in [0, 0.05) is 5.69 Å². The van der Waals surface area contributed by atoms with Gasteiger partial charge in [-0.05, 0) is 42.0 Å². The molecular formula is C22H19ClF3N3O3S. The van der Waals surface area contributed by atoms with Crippen molar-refractivity contribution in [1.29, 1.82) is 0 Å². The zero-order chi connectivity index (χ0) is 24.2. The van der Waals surface area contributed by atoms with E-state index in [-0.39, 0.29) is 16.4 Å². The fraction of sp³-hybridized carbons (Fsp3) is 0.136. The average molecular weight is 498 g/mol. The SMILES string of the molecule is CS(=O)(=O)Nc1cccc(NC(C(=O)Nc2cc(C(F)(F)F)ccc2Cl)c2ccccc2)c1. The number of benzene rings is 3. The fourth-order valence-electron chi connectivity index (χ4n) is 3.00. The molecule has 33 heavy (non-hydrogen) atoms. The number of amides is 1. The van der Waals surface area contributed by atoms with Gasteiger partial charge in [0.25, 0.3) is 5.91 Å². The number of alkyl halides is 3. The van der Waals surface area contributed by atoms with E-state index in [1.54, 1.807) is 42.5 Å². The van der Waals surface area contributed by atoms with Crippen molar-refractivity contribution in [2.75, 3.05) is 21.6 Å². The Bertz CT molecular complexity index is 1250. The van der Waals surface area contributed by atoms with Crippen LogP contribution in [0.1, 0.15) is 17.2 Å². The second kappa shape index (κ2) is 9.72. The predicted octanol–water partition coefficient (Wildman–Crippen LogP) is 5.52. The van der Waals surface area contributed by atoms with Gasteiger partial charge in [-0.25, -0.2) is 8.42 Å². The Labute approximate surface area is 193 Å². The summed E-state index contributed by atoms with van der Waals surface area (Å²) >= 11 is 6.02. The highest BCUT2D eigenvalue weighted by Crippen LogP contribution is 2.34. The van der Waals surface area contributed by atoms with Crippen LogP contribution in [-0.2, 0) is 21.0 Å². The third kappa shape index (κ3) is 6.87. The summed E-state index contributed by atoms with van der Waals surface area (Å²) in [5.74, 6) is -0.663. The molecule has 1 atom stereocenters. The normalized spacial score (nSPS) is 12.6. The molecule has 0 saturated carbocycles. The molecule has 0 fully saturated rings. The van der Waals surface area contributed by atoms with Crippen LogP contribution in [0.25, 0.3) is 0 Å². The Morgan fingerprint density at radius 2 is 1.61 bits per heavy atom. The molecule has 174 valence electrons. The van der Waals surface area contributed by atoms with Gasteiger partial charge >= 0.3 is 6.18 Å². The number of rotatable bonds is 7. The highest BCUT2D eigenvalue weighted by molar-refractivity contribution is 7.92. The molecule has 3 N–H and O–H groups in total. The Morgan fingerprint density at radius 3 is 2.24 bits per heavy atom. The van der Waals surface area contributed by atoms with Crippen molar-refractivity contribution >= 4 is 44.6 Å². The van der Waals surface area contributed by atoms with Crippen molar-refractivity contribution in [2.45, 2.75) is 12.2 Å². The Balaban J connectivity index is 1.92. The molecular weight excluding hydrogens is 479 g/mol. The Kier molecular flexibility index (Phi) is 7.19. The zero-order valence-corrected chi connectivity index (χ0v) is 18.7. The third-order valence-corrected chi connectivity index (χ3v) is 5.36. The smallest absolute Gasteiger partial charge is 0.370 e. The second-order valence-corrected chi connectivity index (χ2v) is 9.28. The molecule has 0 bridgehead atoms. The van der Waals surface area contributed by atoms with Crippen molar-refractivity contribution in [1.82, 2.24) is 0 Å². The molecule has 0 aliphatic carbocycles. The van der Waals surface area contributed by atoms with Gasteiger partial charge in [-0.15, -0.1) is 0 Å². The van der Waals surface area contributed by atoms with E-state index in [0.29, 0.717) is 11.3 Å². The lowest BCUT2D eigenvalue weighted by Crippen LogP contribution is -2.27. The maximum absolute atomic E-state index is 13.1. The van der Waals surface area contributed by atoms with Crippen LogP contribution in [0, 0.1) is 0 Å². The lowest BCUT2D eigenvalue weighted by atomic mass is 10.1. The van der Waals surface area contributed by atoms with Gasteiger partial charge in [0.15, 0.2) is 0 Å². The Hall–Kier alpha value is -3.24. The quantitative estimate of drug-likeness (QED) is 0.401. The van der Waals surface area contributed by atoms with Crippen LogP contribution in [0.2, 0.25) is 5.02 Å². The lowest BCUT2D eigenvalue weighted by molar-refractivity contribution is -0.137. The molecule has 0 radical (unpaired) electrons. The standard InChI is InChI=1S/C22H19ClF3N3O3S/c1-33(31,32)29-17-9-5-8-16(13-17)27-20(14-6-3-2-4-7-14)21(30)28-19-12-15(22(24,25)26)10-11-18(19)23/h2-13,20,27,29H,1H3,(H,28,30). The average Bonchev–Trinajstić information content (AvgIpc) is 2.72. The minimum Gasteiger partial charge on any atom is -0.370 e. The van der Waals surface area contributed by atoms with E-state index in [9.17, 15) is 26.4 Å². The number of carbonyl (C=O) groups excluding carboxylic acids is 1. The van der Waals surface area contributed by atoms with Crippen LogP contribution in [0.4, 0.5) is 30.2 Å². The summed E-state index contributed by atoms with van der Waals surface area (Å²) in [6.45, 7) is 0. The number of anilines is 3. The lowest BCUT2D eigenvalue weighted by Gasteiger charge is -2.21. The minimum absolute atomic E-state index is 0.0532. The minimum atomic E-state index is -4.60. The monoisotopic (exact) mass is 497 g/mol. The highest BCUT2D eigenvalue weighted by atomic mass is 35.5. The zero-order valence-electron chi connectivity index (χ0n) is 17.2. The molecule has 1 unspecified atom stereocenters. The van der Waals surface area contributed by atoms with E-state index >= 15 is 0 Å². The molecule has 0 saturated heterocycles. The van der Waals surface area contributed by atoms with Crippen LogP contribution in [0.3, 0.4) is 0 Å². The predicted molar refractivity (Wildman–Crippen MR) is 123 cm³/mol. The summed E-state index contributed by atoms with van der Waals surface area (Å²) < 4.78 is 64.6. The van der Waals surface area contributed by atoms with E-state index in [2.05, 4.69) is 15.4 Å². The molecule has 1 amide bonds. The summed E-state index contributed by atoms with van der Waals surface area (Å²) in [6.07, 6.45) is -3.60. The topological polar surface area (TPSA) is 87.3 Å². The van der Waals surface area contributed by atoms with Crippen LogP contribution in [0.5, 0.6) is 0 Å². The number of hydrogen-bond donors (Lipinski definition) is 3. The number of hydrogen-bond acceptors (Lipinski definition) is 4. The summed E-state index contributed by atoms with van der Waals surface area (Å²) in [4.78, 5) is 13.1. The van der Waals surface area contributed by atoms with E-state index in [0.717, 1.165) is 24.5 Å². The van der Waals surface area contributed by atoms with Crippen LogP contribution < -0.4 is 15.4 Å². The van der Waals surface area contributed by atoms with Gasteiger partial charge < -0.3 is 10.6 Å². The molecule has 0 aromatic heterocycles. The first-order valence-electron chi connectivity index (χ1n) is 9.49. The highest BCUT2D eigenvalue weighted by Gasteiger charge is 2.31. The molecule has 3 aromatic rings. The first kappa shape index (κ1) is 24.4. The molecule has 6 nitrogen and oxygen atoms in total. The molecule has 0 aliphatic heterocycles. The third-order valence-electron chi connectivity index (χ3n) is 4.42. The van der Waals surface area contributed by atoms with E-state index < -0.39 is 33.7 Å². The van der Waals surface area contributed by atoms with Gasteiger partial charge in [-0.2, -0.15) is 13.2 Å². The van der Waals surface area contributed by atoms with Crippen molar-refractivity contribution in [2.24, 2.45) is 0 Å². The van der Waals surface area contributed by atoms with Crippen molar-refractivity contribution in [3.8, 4) is 0 Å². The van der Waals surface area contributed by atoms with Crippen molar-refractivity contribution < 1.29 is 26.4 Å². The summed E-state index contributed by atoms with van der Waals surface area (Å²) in [6, 6.07) is 16.3. The van der Waals surface area contributed by atoms with Crippen LogP contribution in [0.15, 0.2) is 72.8 Å². The maximum atomic E-state index is 13.1. The fourth-order valence-corrected chi connectivity index (χ4v) is 3.72. The van der Waals surface area contributed by atoms with Crippen LogP contribution >= 0.6 is 11.6 Å². The first-order valence-corrected chi connectivity index (χ1v) is 11.8. The Morgan fingerprint density at radius 1 is 0.939 bits per heavy atom. The van der Waals surface area contributed by atoms with E-state index in [1.807, 2.05) is 0 Å². The van der Waals surface area contributed by atoms with Gasteiger partial charge in [-0.3, -0.25) is 9.52 Å². The number of sulfonamides is 1. The molecule has 11 heteroatoms. The van der Waals surface area contributed by atoms with Gasteiger partial charge in [0.2, 0.25) is 10.0 Å². The molecule has 3 rings (SSSR count). The molecule has 0 spiro atoms. The van der Waals surface area contributed by atoms with Gasteiger partial charge in [-0.1, -0.05) is 48.0 Å². The van der Waals surface area contributed by atoms with Crippen molar-refractivity contribution in [3.63, 3.8) is 0 Å². The summed E-state index contributed by atoms with van der Waals surface area (Å²) in [7, 11) is -3.52. The summed E-state index contributed by atoms with van der Waals surface area (Å²) in [5, 5.41) is 5.39.